The molecule has 0 saturated carbocycles. The van der Waals surface area contributed by atoms with E-state index in [1.54, 1.807) is 13.0 Å². The van der Waals surface area contributed by atoms with Gasteiger partial charge in [0.15, 0.2) is 6.29 Å². The van der Waals surface area contributed by atoms with Crippen molar-refractivity contribution >= 4 is 28.1 Å². The lowest BCUT2D eigenvalue weighted by atomic mass is 9.97. The molecule has 0 aliphatic heterocycles. The normalized spacial score (nSPS) is 12.6. The Kier molecular flexibility index (Phi) is 3.47. The van der Waals surface area contributed by atoms with Crippen molar-refractivity contribution < 1.29 is 15.0 Å². The number of phenolic OH excluding ortho intramolecular Hbond substituents is 1. The van der Waals surface area contributed by atoms with Gasteiger partial charge in [0.1, 0.15) is 5.75 Å². The Morgan fingerprint density at radius 1 is 1.36 bits per heavy atom. The van der Waals surface area contributed by atoms with Crippen molar-refractivity contribution in [2.45, 2.75) is 19.4 Å². The number of fused-ring (bicyclic) bond motifs is 3. The summed E-state index contributed by atoms with van der Waals surface area (Å²) >= 11 is 0. The maximum atomic E-state index is 11.3. The zero-order valence-corrected chi connectivity index (χ0v) is 12.3. The van der Waals surface area contributed by atoms with Gasteiger partial charge in [-0.05, 0) is 19.1 Å². The number of H-pyrrole nitrogens is 1. The van der Waals surface area contributed by atoms with Crippen LogP contribution < -0.4 is 0 Å². The van der Waals surface area contributed by atoms with E-state index in [2.05, 4.69) is 11.6 Å². The van der Waals surface area contributed by atoms with Gasteiger partial charge in [-0.1, -0.05) is 30.4 Å². The zero-order valence-electron chi connectivity index (χ0n) is 12.3. The molecular weight excluding hydrogens is 278 g/mol. The van der Waals surface area contributed by atoms with Gasteiger partial charge in [-0.3, -0.25) is 4.79 Å². The summed E-state index contributed by atoms with van der Waals surface area (Å²) in [5.41, 5.74) is 3.03. The van der Waals surface area contributed by atoms with Crippen LogP contribution in [0.15, 0.2) is 42.5 Å². The number of carbonyl (C=O) groups is 1. The molecule has 1 heterocycles. The molecular formula is C18H17NO3. The van der Waals surface area contributed by atoms with Crippen molar-refractivity contribution in [1.82, 2.24) is 4.98 Å². The average molecular weight is 295 g/mol. The minimum atomic E-state index is -0.776. The smallest absolute Gasteiger partial charge is 0.153 e. The number of aromatic hydroxyl groups is 1. The fraction of sp³-hybridized carbons (Fsp3) is 0.167. The van der Waals surface area contributed by atoms with Gasteiger partial charge in [0.05, 0.1) is 17.2 Å². The van der Waals surface area contributed by atoms with Crippen LogP contribution >= 0.6 is 0 Å². The van der Waals surface area contributed by atoms with Crippen molar-refractivity contribution in [2.75, 3.05) is 0 Å². The van der Waals surface area contributed by atoms with E-state index >= 15 is 0 Å². The Labute approximate surface area is 127 Å². The van der Waals surface area contributed by atoms with Gasteiger partial charge in [0, 0.05) is 28.3 Å². The molecule has 0 saturated heterocycles. The highest BCUT2D eigenvalue weighted by Gasteiger charge is 2.19. The number of aliphatic hydroxyl groups is 1. The van der Waals surface area contributed by atoms with Gasteiger partial charge in [-0.15, -0.1) is 0 Å². The van der Waals surface area contributed by atoms with Gasteiger partial charge in [-0.25, -0.2) is 0 Å². The molecule has 0 amide bonds. The average Bonchev–Trinajstić information content (AvgIpc) is 2.87. The van der Waals surface area contributed by atoms with Crippen LogP contribution in [-0.2, 0) is 6.42 Å². The summed E-state index contributed by atoms with van der Waals surface area (Å²) < 4.78 is 0. The maximum Gasteiger partial charge on any atom is 0.153 e. The van der Waals surface area contributed by atoms with Gasteiger partial charge < -0.3 is 15.2 Å². The number of aromatic amines is 1. The number of phenols is 1. The lowest BCUT2D eigenvalue weighted by Gasteiger charge is -2.13. The topological polar surface area (TPSA) is 73.3 Å². The minimum Gasteiger partial charge on any atom is -0.507 e. The van der Waals surface area contributed by atoms with Crippen molar-refractivity contribution in [3.05, 3.63) is 53.6 Å². The van der Waals surface area contributed by atoms with Crippen molar-refractivity contribution in [1.29, 1.82) is 0 Å². The first-order valence-electron chi connectivity index (χ1n) is 7.06. The number of rotatable bonds is 4. The predicted molar refractivity (Wildman–Crippen MR) is 87.4 cm³/mol. The van der Waals surface area contributed by atoms with Crippen molar-refractivity contribution in [3.63, 3.8) is 0 Å². The highest BCUT2D eigenvalue weighted by molar-refractivity contribution is 6.10. The van der Waals surface area contributed by atoms with Crippen LogP contribution in [0.1, 0.15) is 22.8 Å². The monoisotopic (exact) mass is 295 g/mol. The molecule has 1 unspecified atom stereocenters. The molecule has 0 aliphatic rings. The number of hydrogen-bond donors (Lipinski definition) is 3. The summed E-state index contributed by atoms with van der Waals surface area (Å²) in [7, 11) is 0. The number of para-hydroxylation sites is 1. The standard InChI is InChI=1S/C18H17NO3/c1-10(2)16(21)8-14-17-13(7-11(9-20)18(14)22)12-5-3-4-6-15(12)19-17/h3-7,9,16,19,21-22H,1,8H2,2H3. The number of hydrogen-bond acceptors (Lipinski definition) is 3. The second-order valence-electron chi connectivity index (χ2n) is 5.57. The third-order valence-corrected chi connectivity index (χ3v) is 4.00. The van der Waals surface area contributed by atoms with E-state index in [-0.39, 0.29) is 17.7 Å². The largest absolute Gasteiger partial charge is 0.507 e. The number of aldehydes is 1. The predicted octanol–water partition coefficient (Wildman–Crippen LogP) is 3.32. The van der Waals surface area contributed by atoms with Gasteiger partial charge in [0.25, 0.3) is 0 Å². The van der Waals surface area contributed by atoms with Gasteiger partial charge in [-0.2, -0.15) is 0 Å². The van der Waals surface area contributed by atoms with Crippen LogP contribution in [0, 0.1) is 0 Å². The summed E-state index contributed by atoms with van der Waals surface area (Å²) in [4.78, 5) is 14.5. The third kappa shape index (κ3) is 2.18. The highest BCUT2D eigenvalue weighted by Crippen LogP contribution is 2.35. The summed E-state index contributed by atoms with van der Waals surface area (Å²) in [6.07, 6.45) is 0.0572. The number of aromatic nitrogens is 1. The highest BCUT2D eigenvalue weighted by atomic mass is 16.3. The Morgan fingerprint density at radius 3 is 2.77 bits per heavy atom. The first-order valence-corrected chi connectivity index (χ1v) is 7.06. The molecule has 0 bridgehead atoms. The number of carbonyl (C=O) groups excluding carboxylic acids is 1. The zero-order chi connectivity index (χ0) is 15.9. The second-order valence-corrected chi connectivity index (χ2v) is 5.57. The second kappa shape index (κ2) is 5.31. The van der Waals surface area contributed by atoms with Crippen LogP contribution in [0.5, 0.6) is 5.75 Å². The molecule has 4 heteroatoms. The minimum absolute atomic E-state index is 0.0886. The quantitative estimate of drug-likeness (QED) is 0.510. The van der Waals surface area contributed by atoms with E-state index in [0.717, 1.165) is 21.8 Å². The summed E-state index contributed by atoms with van der Waals surface area (Å²) in [5.74, 6) is -0.0886. The van der Waals surface area contributed by atoms with Gasteiger partial charge >= 0.3 is 0 Å². The number of nitrogens with one attached hydrogen (secondary N) is 1. The Hall–Kier alpha value is -2.59. The van der Waals surface area contributed by atoms with E-state index in [1.807, 2.05) is 24.3 Å². The molecule has 0 spiro atoms. The van der Waals surface area contributed by atoms with Crippen LogP contribution in [-0.4, -0.2) is 27.6 Å². The molecule has 3 N–H and O–H groups in total. The molecule has 3 aromatic rings. The first-order chi connectivity index (χ1) is 10.5. The molecule has 1 atom stereocenters. The molecule has 3 rings (SSSR count). The molecule has 1 aromatic heterocycles. The van der Waals surface area contributed by atoms with E-state index in [9.17, 15) is 15.0 Å². The van der Waals surface area contributed by atoms with E-state index in [4.69, 9.17) is 0 Å². The lowest BCUT2D eigenvalue weighted by Crippen LogP contribution is -2.12. The van der Waals surface area contributed by atoms with Crippen LogP contribution in [0.25, 0.3) is 21.8 Å². The Bertz CT molecular complexity index is 892. The van der Waals surface area contributed by atoms with E-state index in [0.29, 0.717) is 17.4 Å². The number of aliphatic hydroxyl groups excluding tert-OH is 1. The van der Waals surface area contributed by atoms with Gasteiger partial charge in [0.2, 0.25) is 0 Å². The first kappa shape index (κ1) is 14.4. The Balaban J connectivity index is 2.34. The van der Waals surface area contributed by atoms with E-state index in [1.165, 1.54) is 0 Å². The SMILES string of the molecule is C=C(C)C(O)Cc1c(O)c(C=O)cc2c1[nH]c1ccccc12. The fourth-order valence-corrected chi connectivity index (χ4v) is 2.72. The Morgan fingerprint density at radius 2 is 2.09 bits per heavy atom. The lowest BCUT2D eigenvalue weighted by molar-refractivity contribution is 0.112. The molecule has 112 valence electrons. The molecule has 4 nitrogen and oxygen atoms in total. The van der Waals surface area contributed by atoms with E-state index < -0.39 is 6.10 Å². The maximum absolute atomic E-state index is 11.3. The molecule has 0 fully saturated rings. The van der Waals surface area contributed by atoms with Crippen LogP contribution in [0.2, 0.25) is 0 Å². The van der Waals surface area contributed by atoms with Crippen molar-refractivity contribution in [3.8, 4) is 5.75 Å². The molecule has 22 heavy (non-hydrogen) atoms. The fourth-order valence-electron chi connectivity index (χ4n) is 2.72. The third-order valence-electron chi connectivity index (χ3n) is 4.00. The van der Waals surface area contributed by atoms with Crippen molar-refractivity contribution in [2.24, 2.45) is 0 Å². The number of benzene rings is 2. The van der Waals surface area contributed by atoms with Crippen LogP contribution in [0.4, 0.5) is 0 Å². The molecule has 2 aromatic carbocycles. The van der Waals surface area contributed by atoms with Crippen LogP contribution in [0.3, 0.4) is 0 Å². The summed E-state index contributed by atoms with van der Waals surface area (Å²) in [6.45, 7) is 5.46. The summed E-state index contributed by atoms with van der Waals surface area (Å²) in [5, 5.41) is 22.3. The molecule has 0 radical (unpaired) electrons. The molecule has 0 aliphatic carbocycles. The summed E-state index contributed by atoms with van der Waals surface area (Å²) in [6, 6.07) is 9.41.